The Labute approximate surface area is 117 Å². The van der Waals surface area contributed by atoms with E-state index in [9.17, 15) is 9.59 Å². The summed E-state index contributed by atoms with van der Waals surface area (Å²) in [4.78, 5) is 22.5. The molecule has 0 saturated heterocycles. The fourth-order valence-corrected chi connectivity index (χ4v) is 1.53. The molecule has 5 nitrogen and oxygen atoms in total. The number of anilines is 1. The van der Waals surface area contributed by atoms with Crippen molar-refractivity contribution in [2.24, 2.45) is 0 Å². The maximum absolute atomic E-state index is 11.8. The highest BCUT2D eigenvalue weighted by Gasteiger charge is 2.18. The molecule has 19 heavy (non-hydrogen) atoms. The molecule has 0 aliphatic rings. The minimum Gasteiger partial charge on any atom is -0.478 e. The van der Waals surface area contributed by atoms with E-state index in [2.05, 4.69) is 10.6 Å². The average Bonchev–Trinajstić information content (AvgIpc) is 2.30. The first kappa shape index (κ1) is 15.3. The van der Waals surface area contributed by atoms with Gasteiger partial charge < -0.3 is 15.7 Å². The predicted molar refractivity (Wildman–Crippen MR) is 74.9 cm³/mol. The van der Waals surface area contributed by atoms with E-state index >= 15 is 0 Å². The third-order valence-electron chi connectivity index (χ3n) is 2.80. The van der Waals surface area contributed by atoms with Gasteiger partial charge in [0.15, 0.2) is 0 Å². The third-order valence-corrected chi connectivity index (χ3v) is 3.11. The molecule has 1 aromatic rings. The summed E-state index contributed by atoms with van der Waals surface area (Å²) in [6.07, 6.45) is 0.784. The van der Waals surface area contributed by atoms with E-state index in [0.717, 1.165) is 6.42 Å². The highest BCUT2D eigenvalue weighted by atomic mass is 35.5. The smallest absolute Gasteiger partial charge is 0.335 e. The number of amides is 2. The molecule has 0 saturated carbocycles. The normalized spacial score (nSPS) is 10.9. The molecule has 0 radical (unpaired) electrons. The summed E-state index contributed by atoms with van der Waals surface area (Å²) in [6, 6.07) is 3.76. The van der Waals surface area contributed by atoms with E-state index < -0.39 is 5.97 Å². The Bertz CT molecular complexity index is 501. The molecule has 0 unspecified atom stereocenters. The first-order chi connectivity index (χ1) is 8.75. The van der Waals surface area contributed by atoms with Crippen molar-refractivity contribution in [2.75, 3.05) is 5.32 Å². The number of nitrogens with one attached hydrogen (secondary N) is 2. The van der Waals surface area contributed by atoms with Crippen molar-refractivity contribution in [3.8, 4) is 0 Å². The molecule has 2 amide bonds. The van der Waals surface area contributed by atoms with Crippen LogP contribution < -0.4 is 10.6 Å². The second-order valence-electron chi connectivity index (χ2n) is 4.82. The second kappa shape index (κ2) is 5.93. The quantitative estimate of drug-likeness (QED) is 0.793. The standard InChI is InChI=1S/C13H17ClN2O3/c1-4-13(2,3)16-12(19)15-10-6-5-8(11(17)18)7-9(10)14/h5-7H,4H2,1-3H3,(H,17,18)(H2,15,16,19). The number of hydrogen-bond donors (Lipinski definition) is 3. The van der Waals surface area contributed by atoms with Crippen LogP contribution in [-0.2, 0) is 0 Å². The number of rotatable bonds is 4. The van der Waals surface area contributed by atoms with Crippen LogP contribution in [0.5, 0.6) is 0 Å². The van der Waals surface area contributed by atoms with Crippen molar-refractivity contribution in [3.63, 3.8) is 0 Å². The van der Waals surface area contributed by atoms with Crippen LogP contribution in [0.4, 0.5) is 10.5 Å². The van der Waals surface area contributed by atoms with Crippen LogP contribution in [0.2, 0.25) is 5.02 Å². The van der Waals surface area contributed by atoms with E-state index in [1.807, 2.05) is 20.8 Å². The number of hydrogen-bond acceptors (Lipinski definition) is 2. The Kier molecular flexibility index (Phi) is 4.78. The van der Waals surface area contributed by atoms with Crippen molar-refractivity contribution < 1.29 is 14.7 Å². The Balaban J connectivity index is 2.78. The largest absolute Gasteiger partial charge is 0.478 e. The van der Waals surface area contributed by atoms with Crippen LogP contribution in [-0.4, -0.2) is 22.6 Å². The summed E-state index contributed by atoms with van der Waals surface area (Å²) in [5.41, 5.74) is 0.123. The lowest BCUT2D eigenvalue weighted by Gasteiger charge is -2.24. The number of carbonyl (C=O) groups excluding carboxylic acids is 1. The Morgan fingerprint density at radius 1 is 1.37 bits per heavy atom. The maximum atomic E-state index is 11.8. The number of carboxylic acid groups (broad SMARTS) is 1. The van der Waals surface area contributed by atoms with Gasteiger partial charge in [0.2, 0.25) is 0 Å². The molecule has 0 aliphatic heterocycles. The first-order valence-electron chi connectivity index (χ1n) is 5.87. The fraction of sp³-hybridized carbons (Fsp3) is 0.385. The van der Waals surface area contributed by atoms with Crippen molar-refractivity contribution in [3.05, 3.63) is 28.8 Å². The number of aromatic carboxylic acids is 1. The van der Waals surface area contributed by atoms with Gasteiger partial charge in [0.05, 0.1) is 16.3 Å². The van der Waals surface area contributed by atoms with Gasteiger partial charge >= 0.3 is 12.0 Å². The van der Waals surface area contributed by atoms with E-state index in [4.69, 9.17) is 16.7 Å². The second-order valence-corrected chi connectivity index (χ2v) is 5.22. The molecule has 0 spiro atoms. The van der Waals surface area contributed by atoms with Gasteiger partial charge in [0.25, 0.3) is 0 Å². The van der Waals surface area contributed by atoms with Crippen LogP contribution >= 0.6 is 11.6 Å². The maximum Gasteiger partial charge on any atom is 0.335 e. The Hall–Kier alpha value is -1.75. The van der Waals surface area contributed by atoms with Gasteiger partial charge in [-0.25, -0.2) is 9.59 Å². The molecule has 0 fully saturated rings. The van der Waals surface area contributed by atoms with Crippen LogP contribution in [0.3, 0.4) is 0 Å². The topological polar surface area (TPSA) is 78.4 Å². The Morgan fingerprint density at radius 3 is 2.47 bits per heavy atom. The SMILES string of the molecule is CCC(C)(C)NC(=O)Nc1ccc(C(=O)O)cc1Cl. The minimum atomic E-state index is -1.06. The predicted octanol–water partition coefficient (Wildman–Crippen LogP) is 3.35. The van der Waals surface area contributed by atoms with Gasteiger partial charge in [-0.2, -0.15) is 0 Å². The zero-order valence-electron chi connectivity index (χ0n) is 11.1. The van der Waals surface area contributed by atoms with Gasteiger partial charge in [-0.3, -0.25) is 0 Å². The third kappa shape index (κ3) is 4.44. The lowest BCUT2D eigenvalue weighted by molar-refractivity contribution is 0.0697. The average molecular weight is 285 g/mol. The zero-order chi connectivity index (χ0) is 14.6. The lowest BCUT2D eigenvalue weighted by atomic mass is 10.0. The van der Waals surface area contributed by atoms with Crippen LogP contribution in [0, 0.1) is 0 Å². The molecule has 0 atom stereocenters. The Morgan fingerprint density at radius 2 is 2.00 bits per heavy atom. The molecule has 6 heteroatoms. The summed E-state index contributed by atoms with van der Waals surface area (Å²) in [5.74, 6) is -1.06. The van der Waals surface area contributed by atoms with Crippen molar-refractivity contribution in [2.45, 2.75) is 32.7 Å². The van der Waals surface area contributed by atoms with Crippen molar-refractivity contribution in [1.29, 1.82) is 0 Å². The zero-order valence-corrected chi connectivity index (χ0v) is 11.8. The van der Waals surface area contributed by atoms with Crippen LogP contribution in [0.15, 0.2) is 18.2 Å². The molecule has 1 rings (SSSR count). The highest BCUT2D eigenvalue weighted by Crippen LogP contribution is 2.23. The molecular weight excluding hydrogens is 268 g/mol. The van der Waals surface area contributed by atoms with Gasteiger partial charge in [0, 0.05) is 5.54 Å². The van der Waals surface area contributed by atoms with Gasteiger partial charge in [-0.05, 0) is 38.5 Å². The van der Waals surface area contributed by atoms with E-state index in [-0.39, 0.29) is 22.2 Å². The van der Waals surface area contributed by atoms with Gasteiger partial charge in [0.1, 0.15) is 0 Å². The van der Waals surface area contributed by atoms with Crippen LogP contribution in [0.25, 0.3) is 0 Å². The van der Waals surface area contributed by atoms with Gasteiger partial charge in [-0.1, -0.05) is 18.5 Å². The molecule has 0 heterocycles. The molecule has 0 aliphatic carbocycles. The molecule has 1 aromatic carbocycles. The van der Waals surface area contributed by atoms with E-state index in [1.54, 1.807) is 0 Å². The molecular formula is C13H17ClN2O3. The van der Waals surface area contributed by atoms with Crippen LogP contribution in [0.1, 0.15) is 37.6 Å². The number of urea groups is 1. The molecule has 0 aromatic heterocycles. The van der Waals surface area contributed by atoms with Crippen molar-refractivity contribution in [1.82, 2.24) is 5.32 Å². The van der Waals surface area contributed by atoms with Crippen molar-refractivity contribution >= 4 is 29.3 Å². The molecule has 3 N–H and O–H groups in total. The number of benzene rings is 1. The molecule has 104 valence electrons. The van der Waals surface area contributed by atoms with Gasteiger partial charge in [-0.15, -0.1) is 0 Å². The number of carbonyl (C=O) groups is 2. The fourth-order valence-electron chi connectivity index (χ4n) is 1.30. The lowest BCUT2D eigenvalue weighted by Crippen LogP contribution is -2.45. The van der Waals surface area contributed by atoms with E-state index in [0.29, 0.717) is 5.69 Å². The van der Waals surface area contributed by atoms with E-state index in [1.165, 1.54) is 18.2 Å². The summed E-state index contributed by atoms with van der Waals surface area (Å²) < 4.78 is 0. The first-order valence-corrected chi connectivity index (χ1v) is 6.25. The molecule has 0 bridgehead atoms. The summed E-state index contributed by atoms with van der Waals surface area (Å²) in [6.45, 7) is 5.78. The number of halogens is 1. The monoisotopic (exact) mass is 284 g/mol. The summed E-state index contributed by atoms with van der Waals surface area (Å²) in [5, 5.41) is 14.4. The highest BCUT2D eigenvalue weighted by molar-refractivity contribution is 6.34. The summed E-state index contributed by atoms with van der Waals surface area (Å²) >= 11 is 5.92. The number of carboxylic acids is 1. The summed E-state index contributed by atoms with van der Waals surface area (Å²) in [7, 11) is 0. The minimum absolute atomic E-state index is 0.0739.